The van der Waals surface area contributed by atoms with Gasteiger partial charge in [0, 0.05) is 83.9 Å². The minimum absolute atomic E-state index is 0.448. The summed E-state index contributed by atoms with van der Waals surface area (Å²) in [6.45, 7) is 0. The maximum Gasteiger partial charge on any atom is 0.197 e. The van der Waals surface area contributed by atoms with Crippen LogP contribution in [-0.2, 0) is 0 Å². The molecule has 7 rings (SSSR count). The molecule has 42 heavy (non-hydrogen) atoms. The smallest absolute Gasteiger partial charge is 0.197 e. The third-order valence-electron chi connectivity index (χ3n) is 6.04. The fourth-order valence-electron chi connectivity index (χ4n) is 4.06. The average molecular weight is 541 g/mol. The van der Waals surface area contributed by atoms with Crippen molar-refractivity contribution in [3.05, 3.63) is 121 Å². The fourth-order valence-corrected chi connectivity index (χ4v) is 4.06. The molecule has 6 aromatic heterocycles. The van der Waals surface area contributed by atoms with Crippen molar-refractivity contribution in [3.8, 4) is 47.0 Å². The molecule has 0 aliphatic heterocycles. The molecular formula is C32H16N10. The molecule has 1 aromatic carbocycles. The van der Waals surface area contributed by atoms with Crippen LogP contribution in [-0.4, -0.2) is 49.8 Å². The average Bonchev–Trinajstić information content (AvgIpc) is 3.07. The molecule has 0 radical (unpaired) electrons. The Bertz CT molecular complexity index is 2020. The van der Waals surface area contributed by atoms with E-state index in [9.17, 15) is 0 Å². The van der Waals surface area contributed by atoms with Crippen molar-refractivity contribution in [2.75, 3.05) is 0 Å². The number of pyridine rings is 2. The van der Waals surface area contributed by atoms with E-state index >= 15 is 0 Å². The van der Waals surface area contributed by atoms with Gasteiger partial charge in [0.1, 0.15) is 0 Å². The Hall–Kier alpha value is -6.52. The summed E-state index contributed by atoms with van der Waals surface area (Å²) in [6.07, 6.45) is 16.7. The first-order valence-electron chi connectivity index (χ1n) is 12.7. The SMILES string of the molecule is C(#Cc1cnc2c(ccc3cc(C#Cc4cnc(-c5ncccn5)nc4)cnc32)c1)c1cnc(-c2ncccn2)nc1. The van der Waals surface area contributed by atoms with Crippen LogP contribution in [0.25, 0.3) is 45.1 Å². The van der Waals surface area contributed by atoms with Crippen LogP contribution in [0.2, 0.25) is 0 Å². The number of hydrogen-bond acceptors (Lipinski definition) is 10. The molecule has 194 valence electrons. The van der Waals surface area contributed by atoms with E-state index in [4.69, 9.17) is 0 Å². The number of nitrogens with zero attached hydrogens (tertiary/aromatic N) is 10. The van der Waals surface area contributed by atoms with Gasteiger partial charge in [-0.1, -0.05) is 35.8 Å². The molecule has 0 N–H and O–H groups in total. The van der Waals surface area contributed by atoms with Crippen molar-refractivity contribution in [1.82, 2.24) is 49.8 Å². The zero-order valence-electron chi connectivity index (χ0n) is 21.7. The lowest BCUT2D eigenvalue weighted by atomic mass is 10.1. The summed E-state index contributed by atoms with van der Waals surface area (Å²) in [5.41, 5.74) is 4.48. The second kappa shape index (κ2) is 10.9. The topological polar surface area (TPSA) is 129 Å². The van der Waals surface area contributed by atoms with Crippen molar-refractivity contribution in [2.24, 2.45) is 0 Å². The Morgan fingerprint density at radius 1 is 0.357 bits per heavy atom. The summed E-state index contributed by atoms with van der Waals surface area (Å²) >= 11 is 0. The van der Waals surface area contributed by atoms with E-state index in [0.717, 1.165) is 32.9 Å². The van der Waals surface area contributed by atoms with Crippen molar-refractivity contribution in [3.63, 3.8) is 0 Å². The summed E-state index contributed by atoms with van der Waals surface area (Å²) in [4.78, 5) is 43.2. The van der Waals surface area contributed by atoms with Crippen LogP contribution in [0.3, 0.4) is 0 Å². The third-order valence-corrected chi connectivity index (χ3v) is 6.04. The lowest BCUT2D eigenvalue weighted by Gasteiger charge is -2.03. The standard InChI is InChI=1S/C32H16N10/c1-9-33-29(34-10-1)31-39-17-23(18-40-31)5-3-21-13-25-7-8-26-14-22(16-38-28(26)27(25)37-15-21)4-6-24-19-41-32(42-20-24)30-35-11-2-12-36-30/h1-2,7-20H. The first-order valence-corrected chi connectivity index (χ1v) is 12.7. The summed E-state index contributed by atoms with van der Waals surface area (Å²) in [6, 6.07) is 11.5. The first-order chi connectivity index (χ1) is 20.8. The van der Waals surface area contributed by atoms with E-state index in [1.807, 2.05) is 24.3 Å². The van der Waals surface area contributed by atoms with E-state index in [0.29, 0.717) is 34.4 Å². The fraction of sp³-hybridized carbons (Fsp3) is 0. The van der Waals surface area contributed by atoms with Crippen LogP contribution < -0.4 is 0 Å². The van der Waals surface area contributed by atoms with E-state index in [-0.39, 0.29) is 0 Å². The summed E-state index contributed by atoms with van der Waals surface area (Å²) < 4.78 is 0. The highest BCUT2D eigenvalue weighted by Crippen LogP contribution is 2.23. The number of aromatic nitrogens is 10. The van der Waals surface area contributed by atoms with E-state index in [1.54, 1.807) is 74.1 Å². The molecule has 7 aromatic rings. The van der Waals surface area contributed by atoms with Gasteiger partial charge in [-0.3, -0.25) is 9.97 Å². The molecule has 10 nitrogen and oxygen atoms in total. The van der Waals surface area contributed by atoms with Crippen molar-refractivity contribution in [2.45, 2.75) is 0 Å². The molecule has 0 saturated carbocycles. The van der Waals surface area contributed by atoms with Gasteiger partial charge in [-0.25, -0.2) is 39.9 Å². The number of rotatable bonds is 2. The predicted octanol–water partition coefficient (Wildman–Crippen LogP) is 4.08. The normalized spacial score (nSPS) is 10.5. The van der Waals surface area contributed by atoms with Gasteiger partial charge in [0.25, 0.3) is 0 Å². The zero-order chi connectivity index (χ0) is 28.1. The van der Waals surface area contributed by atoms with Crippen LogP contribution in [0.5, 0.6) is 0 Å². The number of fused-ring (bicyclic) bond motifs is 3. The Morgan fingerprint density at radius 3 is 1.10 bits per heavy atom. The summed E-state index contributed by atoms with van der Waals surface area (Å²) in [7, 11) is 0. The predicted molar refractivity (Wildman–Crippen MR) is 155 cm³/mol. The third kappa shape index (κ3) is 5.19. The largest absolute Gasteiger partial charge is 0.253 e. The number of benzene rings is 1. The quantitative estimate of drug-likeness (QED) is 0.234. The van der Waals surface area contributed by atoms with Crippen LogP contribution in [0.4, 0.5) is 0 Å². The van der Waals surface area contributed by atoms with Gasteiger partial charge in [-0.15, -0.1) is 0 Å². The van der Waals surface area contributed by atoms with E-state index in [2.05, 4.69) is 73.5 Å². The summed E-state index contributed by atoms with van der Waals surface area (Å²) in [5.74, 6) is 14.3. The Balaban J connectivity index is 1.10. The Morgan fingerprint density at radius 2 is 0.690 bits per heavy atom. The monoisotopic (exact) mass is 540 g/mol. The molecule has 0 fully saturated rings. The molecule has 0 unspecified atom stereocenters. The molecule has 0 saturated heterocycles. The highest BCUT2D eigenvalue weighted by atomic mass is 15.0. The molecular weight excluding hydrogens is 524 g/mol. The van der Waals surface area contributed by atoms with Gasteiger partial charge in [-0.2, -0.15) is 0 Å². The highest BCUT2D eigenvalue weighted by Gasteiger charge is 2.06. The van der Waals surface area contributed by atoms with Crippen molar-refractivity contribution < 1.29 is 0 Å². The molecule has 0 bridgehead atoms. The second-order valence-corrected chi connectivity index (χ2v) is 8.89. The van der Waals surface area contributed by atoms with Gasteiger partial charge in [0.2, 0.25) is 0 Å². The molecule has 0 atom stereocenters. The Kier molecular flexibility index (Phi) is 6.38. The molecule has 10 heteroatoms. The van der Waals surface area contributed by atoms with Gasteiger partial charge in [0.15, 0.2) is 23.3 Å². The van der Waals surface area contributed by atoms with Gasteiger partial charge >= 0.3 is 0 Å². The molecule has 6 heterocycles. The second-order valence-electron chi connectivity index (χ2n) is 8.89. The van der Waals surface area contributed by atoms with Gasteiger partial charge < -0.3 is 0 Å². The van der Waals surface area contributed by atoms with Crippen LogP contribution >= 0.6 is 0 Å². The van der Waals surface area contributed by atoms with Crippen molar-refractivity contribution in [1.29, 1.82) is 0 Å². The minimum Gasteiger partial charge on any atom is -0.253 e. The van der Waals surface area contributed by atoms with Crippen molar-refractivity contribution >= 4 is 21.8 Å². The van der Waals surface area contributed by atoms with Gasteiger partial charge in [0.05, 0.1) is 22.2 Å². The summed E-state index contributed by atoms with van der Waals surface area (Å²) in [5, 5.41) is 1.88. The maximum absolute atomic E-state index is 4.66. The molecule has 0 aliphatic carbocycles. The molecule has 0 spiro atoms. The highest BCUT2D eigenvalue weighted by molar-refractivity contribution is 6.03. The first kappa shape index (κ1) is 24.5. The zero-order valence-corrected chi connectivity index (χ0v) is 21.7. The minimum atomic E-state index is 0.448. The van der Waals surface area contributed by atoms with Crippen LogP contribution in [0.15, 0.2) is 98.4 Å². The lowest BCUT2D eigenvalue weighted by molar-refractivity contribution is 1.07. The maximum atomic E-state index is 4.66. The number of hydrogen-bond donors (Lipinski definition) is 0. The van der Waals surface area contributed by atoms with E-state index in [1.165, 1.54) is 0 Å². The van der Waals surface area contributed by atoms with Crippen LogP contribution in [0.1, 0.15) is 22.3 Å². The molecule has 0 amide bonds. The van der Waals surface area contributed by atoms with Gasteiger partial charge in [-0.05, 0) is 24.3 Å². The van der Waals surface area contributed by atoms with E-state index < -0.39 is 0 Å². The molecule has 0 aliphatic rings. The Labute approximate surface area is 239 Å². The van der Waals surface area contributed by atoms with Crippen LogP contribution in [0, 0.1) is 23.7 Å². The lowest BCUT2D eigenvalue weighted by Crippen LogP contribution is -1.94.